The van der Waals surface area contributed by atoms with Crippen molar-refractivity contribution < 1.29 is 14.3 Å². The molecule has 1 aromatic carbocycles. The lowest BCUT2D eigenvalue weighted by atomic mass is 10.0. The van der Waals surface area contributed by atoms with Gasteiger partial charge in [0.25, 0.3) is 5.91 Å². The fraction of sp³-hybridized carbons (Fsp3) is 0.444. The molecule has 1 amide bonds. The van der Waals surface area contributed by atoms with E-state index in [-0.39, 0.29) is 18.1 Å². The highest BCUT2D eigenvalue weighted by Gasteiger charge is 2.30. The van der Waals surface area contributed by atoms with Gasteiger partial charge in [0.15, 0.2) is 5.82 Å². The van der Waals surface area contributed by atoms with Gasteiger partial charge in [-0.15, -0.1) is 0 Å². The lowest BCUT2D eigenvalue weighted by Gasteiger charge is -2.35. The highest BCUT2D eigenvalue weighted by Crippen LogP contribution is 2.36. The van der Waals surface area contributed by atoms with Crippen molar-refractivity contribution in [1.29, 1.82) is 0 Å². The van der Waals surface area contributed by atoms with Crippen LogP contribution in [0.2, 0.25) is 0 Å². The third kappa shape index (κ3) is 3.92. The van der Waals surface area contributed by atoms with Crippen LogP contribution in [-0.2, 0) is 18.3 Å². The number of aromatic nitrogens is 4. The van der Waals surface area contributed by atoms with Gasteiger partial charge in [-0.3, -0.25) is 4.79 Å². The molecule has 4 aromatic rings. The first-order chi connectivity index (χ1) is 17.5. The Kier molecular flexibility index (Phi) is 5.69. The molecule has 1 aliphatic heterocycles. The normalized spacial score (nSPS) is 20.4. The summed E-state index contributed by atoms with van der Waals surface area (Å²) in [4.78, 5) is 24.8. The van der Waals surface area contributed by atoms with Gasteiger partial charge in [0, 0.05) is 56.8 Å². The molecule has 1 saturated heterocycles. The number of benzene rings is 1. The predicted molar refractivity (Wildman–Crippen MR) is 138 cm³/mol. The number of hydrogen-bond donors (Lipinski definition) is 1. The van der Waals surface area contributed by atoms with E-state index in [9.17, 15) is 4.79 Å². The third-order valence-corrected chi connectivity index (χ3v) is 7.60. The van der Waals surface area contributed by atoms with Gasteiger partial charge in [-0.25, -0.2) is 4.98 Å². The molecule has 36 heavy (non-hydrogen) atoms. The Balaban J connectivity index is 1.37. The number of aryl methyl sites for hydroxylation is 1. The van der Waals surface area contributed by atoms with Crippen molar-refractivity contribution in [3.63, 3.8) is 0 Å². The van der Waals surface area contributed by atoms with Crippen LogP contribution in [0.25, 0.3) is 33.6 Å². The molecule has 0 radical (unpaired) electrons. The molecule has 0 spiro atoms. The maximum absolute atomic E-state index is 13.3. The molecular formula is C27H32N6O3. The van der Waals surface area contributed by atoms with Crippen LogP contribution < -0.4 is 10.5 Å². The number of nitrogens with two attached hydrogens (primary N) is 1. The highest BCUT2D eigenvalue weighted by molar-refractivity contribution is 5.98. The third-order valence-electron chi connectivity index (χ3n) is 7.60. The summed E-state index contributed by atoms with van der Waals surface area (Å²) < 4.78 is 15.2. The molecule has 9 heteroatoms. The quantitative estimate of drug-likeness (QED) is 0.447. The monoisotopic (exact) mass is 488 g/mol. The Morgan fingerprint density at radius 3 is 2.67 bits per heavy atom. The van der Waals surface area contributed by atoms with Gasteiger partial charge in [-0.05, 0) is 55.5 Å². The first kappa shape index (κ1) is 23.0. The van der Waals surface area contributed by atoms with E-state index in [1.807, 2.05) is 42.3 Å². The number of fused-ring (bicyclic) bond motifs is 2. The zero-order valence-corrected chi connectivity index (χ0v) is 21.0. The Hall–Kier alpha value is -3.43. The summed E-state index contributed by atoms with van der Waals surface area (Å²) in [6.45, 7) is 2.03. The summed E-state index contributed by atoms with van der Waals surface area (Å²) in [5.41, 5.74) is 10.6. The summed E-state index contributed by atoms with van der Waals surface area (Å²) in [7, 11) is 5.33. The molecule has 0 unspecified atom stereocenters. The molecule has 2 atom stereocenters. The molecule has 4 heterocycles. The number of imidazole rings is 1. The van der Waals surface area contributed by atoms with Gasteiger partial charge in [0.1, 0.15) is 5.65 Å². The molecule has 1 aliphatic carbocycles. The molecular weight excluding hydrogens is 456 g/mol. The van der Waals surface area contributed by atoms with E-state index in [0.29, 0.717) is 30.5 Å². The molecule has 1 saturated carbocycles. The summed E-state index contributed by atoms with van der Waals surface area (Å²) >= 11 is 0. The number of nitrogens with zero attached hydrogens (tertiary/aromatic N) is 5. The van der Waals surface area contributed by atoms with Crippen molar-refractivity contribution in [3.8, 4) is 17.4 Å². The standard InChI is InChI=1S/C27H32N6O3/c1-31-21-8-6-18(27(34)32-11-10-23(35-2)19(28)15-32)12-20(21)29-26(31)22-13-17-7-9-24(36-3)30-25(17)33(22)14-16-4-5-16/h6-9,12-13,16,19,23H,4-5,10-11,14-15,28H2,1-3H3/t19-,23+/m1/s1. The number of ether oxygens (including phenoxy) is 2. The number of likely N-dealkylation sites (tertiary alicyclic amines) is 1. The van der Waals surface area contributed by atoms with E-state index in [4.69, 9.17) is 25.2 Å². The van der Waals surface area contributed by atoms with Crippen molar-refractivity contribution >= 4 is 28.0 Å². The SMILES string of the molecule is COc1ccc2cc(-c3nc4cc(C(=O)N5CC[C@H](OC)[C@H](N)C5)ccc4n3C)n(CC3CC3)c2n1. The van der Waals surface area contributed by atoms with Gasteiger partial charge in [-0.1, -0.05) is 0 Å². The number of amides is 1. The van der Waals surface area contributed by atoms with Gasteiger partial charge in [0.05, 0.1) is 29.9 Å². The van der Waals surface area contributed by atoms with Crippen LogP contribution in [0.3, 0.4) is 0 Å². The first-order valence-corrected chi connectivity index (χ1v) is 12.6. The molecule has 188 valence electrons. The number of methoxy groups -OCH3 is 2. The predicted octanol–water partition coefficient (Wildman–Crippen LogP) is 3.20. The van der Waals surface area contributed by atoms with Crippen molar-refractivity contribution in [2.45, 2.75) is 38.0 Å². The number of rotatable bonds is 6. The second-order valence-corrected chi connectivity index (χ2v) is 10.0. The molecule has 2 N–H and O–H groups in total. The zero-order valence-electron chi connectivity index (χ0n) is 21.0. The van der Waals surface area contributed by atoms with Crippen molar-refractivity contribution in [1.82, 2.24) is 24.0 Å². The molecule has 0 bridgehead atoms. The Bertz CT molecular complexity index is 1450. The topological polar surface area (TPSA) is 100 Å². The van der Waals surface area contributed by atoms with Crippen LogP contribution in [0.5, 0.6) is 5.88 Å². The lowest BCUT2D eigenvalue weighted by molar-refractivity contribution is 0.0227. The summed E-state index contributed by atoms with van der Waals surface area (Å²) in [6.07, 6.45) is 3.21. The summed E-state index contributed by atoms with van der Waals surface area (Å²) in [5, 5.41) is 1.06. The fourth-order valence-electron chi connectivity index (χ4n) is 5.33. The molecule has 6 rings (SSSR count). The van der Waals surface area contributed by atoms with Crippen LogP contribution in [0.4, 0.5) is 0 Å². The van der Waals surface area contributed by atoms with Crippen LogP contribution in [0, 0.1) is 5.92 Å². The Labute approximate surface area is 209 Å². The smallest absolute Gasteiger partial charge is 0.253 e. The average Bonchev–Trinajstić information content (AvgIpc) is 3.57. The first-order valence-electron chi connectivity index (χ1n) is 12.6. The fourth-order valence-corrected chi connectivity index (χ4v) is 5.33. The highest BCUT2D eigenvalue weighted by atomic mass is 16.5. The molecule has 9 nitrogen and oxygen atoms in total. The van der Waals surface area contributed by atoms with Crippen molar-refractivity contribution in [2.24, 2.45) is 18.7 Å². The van der Waals surface area contributed by atoms with Crippen molar-refractivity contribution in [2.75, 3.05) is 27.3 Å². The van der Waals surface area contributed by atoms with Crippen LogP contribution in [0.15, 0.2) is 36.4 Å². The maximum Gasteiger partial charge on any atom is 0.253 e. The van der Waals surface area contributed by atoms with E-state index in [0.717, 1.165) is 46.6 Å². The van der Waals surface area contributed by atoms with Crippen LogP contribution >= 0.6 is 0 Å². The number of piperidine rings is 1. The van der Waals surface area contributed by atoms with Gasteiger partial charge in [0.2, 0.25) is 5.88 Å². The largest absolute Gasteiger partial charge is 0.481 e. The molecule has 2 fully saturated rings. The van der Waals surface area contributed by atoms with Gasteiger partial charge < -0.3 is 29.2 Å². The van der Waals surface area contributed by atoms with Crippen LogP contribution in [-0.4, -0.2) is 69.4 Å². The van der Waals surface area contributed by atoms with Gasteiger partial charge >= 0.3 is 0 Å². The minimum atomic E-state index is -0.182. The lowest BCUT2D eigenvalue weighted by Crippen LogP contribution is -2.53. The Morgan fingerprint density at radius 2 is 1.94 bits per heavy atom. The Morgan fingerprint density at radius 1 is 1.11 bits per heavy atom. The number of pyridine rings is 1. The maximum atomic E-state index is 13.3. The minimum absolute atomic E-state index is 0.00766. The average molecular weight is 489 g/mol. The van der Waals surface area contributed by atoms with Crippen LogP contribution in [0.1, 0.15) is 29.6 Å². The van der Waals surface area contributed by atoms with E-state index in [1.54, 1.807) is 14.2 Å². The van der Waals surface area contributed by atoms with E-state index < -0.39 is 0 Å². The van der Waals surface area contributed by atoms with Crippen molar-refractivity contribution in [3.05, 3.63) is 42.0 Å². The summed E-state index contributed by atoms with van der Waals surface area (Å²) in [5.74, 6) is 2.11. The number of carbonyl (C=O) groups is 1. The van der Waals surface area contributed by atoms with E-state index in [1.165, 1.54) is 12.8 Å². The molecule has 2 aliphatic rings. The van der Waals surface area contributed by atoms with Gasteiger partial charge in [-0.2, -0.15) is 4.98 Å². The zero-order chi connectivity index (χ0) is 25.0. The second-order valence-electron chi connectivity index (χ2n) is 10.0. The minimum Gasteiger partial charge on any atom is -0.481 e. The molecule has 3 aromatic heterocycles. The summed E-state index contributed by atoms with van der Waals surface area (Å²) in [6, 6.07) is 11.7. The second kappa shape index (κ2) is 8.90. The number of carbonyl (C=O) groups excluding carboxylic acids is 1. The van der Waals surface area contributed by atoms with E-state index in [2.05, 4.69) is 15.2 Å². The van der Waals surface area contributed by atoms with E-state index >= 15 is 0 Å². The number of hydrogen-bond acceptors (Lipinski definition) is 6.